The van der Waals surface area contributed by atoms with Crippen molar-refractivity contribution in [3.8, 4) is 0 Å². The van der Waals surface area contributed by atoms with Crippen LogP contribution >= 0.6 is 12.2 Å². The van der Waals surface area contributed by atoms with Crippen molar-refractivity contribution in [2.45, 2.75) is 117 Å². The van der Waals surface area contributed by atoms with Crippen molar-refractivity contribution in [1.82, 2.24) is 16.1 Å². The van der Waals surface area contributed by atoms with Gasteiger partial charge in [0.05, 0.1) is 11.0 Å². The molecule has 7 heteroatoms. The number of carbonyl (C=O) groups is 2. The Morgan fingerprint density at radius 1 is 0.919 bits per heavy atom. The van der Waals surface area contributed by atoms with Crippen molar-refractivity contribution in [2.75, 3.05) is 6.54 Å². The maximum Gasteiger partial charge on any atom is 0.244 e. The van der Waals surface area contributed by atoms with Gasteiger partial charge in [0, 0.05) is 18.9 Å². The molecule has 6 nitrogen and oxygen atoms in total. The standard InChI is InChI=1S/C30H51N3O3S/c1-4-6-7-8-9-10-11-12-13-17-20-26(23-27(34)33-36)29(35)32-28(24(3)5-2)30(37)31-22-21-25-18-15-14-16-19-25/h14-16,18-19,24,26,28,36H,4-13,17,20-23H2,1-3H3,(H,31,37)(H,32,35)(H,33,34)/t24?,26-,28+/m1/s1. The molecule has 0 heterocycles. The number of benzene rings is 1. The number of rotatable bonds is 21. The highest BCUT2D eigenvalue weighted by Gasteiger charge is 2.28. The molecule has 1 aromatic carbocycles. The average Bonchev–Trinajstić information content (AvgIpc) is 2.91. The van der Waals surface area contributed by atoms with Crippen LogP contribution in [0.25, 0.3) is 0 Å². The zero-order valence-electron chi connectivity index (χ0n) is 23.4. The molecule has 0 aromatic heterocycles. The van der Waals surface area contributed by atoms with Crippen LogP contribution in [-0.2, 0) is 16.0 Å². The minimum atomic E-state index is -0.532. The van der Waals surface area contributed by atoms with E-state index in [9.17, 15) is 9.59 Å². The number of hydroxylamine groups is 1. The third-order valence-electron chi connectivity index (χ3n) is 7.18. The highest BCUT2D eigenvalue weighted by Crippen LogP contribution is 2.18. The summed E-state index contributed by atoms with van der Waals surface area (Å²) in [6.07, 6.45) is 14.5. The molecule has 0 radical (unpaired) electrons. The number of nitrogens with one attached hydrogen (secondary N) is 3. The molecular formula is C30H51N3O3S. The van der Waals surface area contributed by atoms with E-state index in [0.717, 1.165) is 32.1 Å². The lowest BCUT2D eigenvalue weighted by Gasteiger charge is -2.28. The van der Waals surface area contributed by atoms with Gasteiger partial charge in [-0.2, -0.15) is 0 Å². The molecule has 210 valence electrons. The van der Waals surface area contributed by atoms with E-state index in [4.69, 9.17) is 17.4 Å². The van der Waals surface area contributed by atoms with Crippen LogP contribution in [-0.4, -0.2) is 34.6 Å². The summed E-state index contributed by atoms with van der Waals surface area (Å²) in [5, 5.41) is 15.5. The van der Waals surface area contributed by atoms with Crippen molar-refractivity contribution in [2.24, 2.45) is 11.8 Å². The molecule has 0 aliphatic carbocycles. The number of carbonyl (C=O) groups excluding carboxylic acids is 2. The quantitative estimate of drug-likeness (QED) is 0.0627. The lowest BCUT2D eigenvalue weighted by molar-refractivity contribution is -0.135. The fourth-order valence-corrected chi connectivity index (χ4v) is 4.92. The average molecular weight is 534 g/mol. The summed E-state index contributed by atoms with van der Waals surface area (Å²) in [5.74, 6) is -1.03. The Balaban J connectivity index is 2.56. The lowest BCUT2D eigenvalue weighted by Crippen LogP contribution is -2.51. The molecule has 0 saturated heterocycles. The van der Waals surface area contributed by atoms with Crippen LogP contribution in [0.15, 0.2) is 30.3 Å². The van der Waals surface area contributed by atoms with Gasteiger partial charge in [-0.15, -0.1) is 0 Å². The fourth-order valence-electron chi connectivity index (χ4n) is 4.53. The second kappa shape index (κ2) is 21.0. The third kappa shape index (κ3) is 15.1. The topological polar surface area (TPSA) is 90.5 Å². The van der Waals surface area contributed by atoms with Gasteiger partial charge in [-0.3, -0.25) is 14.8 Å². The van der Waals surface area contributed by atoms with Gasteiger partial charge in [-0.25, -0.2) is 5.48 Å². The summed E-state index contributed by atoms with van der Waals surface area (Å²) in [5.41, 5.74) is 2.92. The summed E-state index contributed by atoms with van der Waals surface area (Å²) >= 11 is 5.68. The van der Waals surface area contributed by atoms with E-state index in [1.807, 2.05) is 18.2 Å². The van der Waals surface area contributed by atoms with Gasteiger partial charge in [0.25, 0.3) is 0 Å². The summed E-state index contributed by atoms with van der Waals surface area (Å²) in [4.78, 5) is 25.8. The van der Waals surface area contributed by atoms with E-state index in [-0.39, 0.29) is 24.3 Å². The first kappa shape index (κ1) is 33.0. The van der Waals surface area contributed by atoms with Gasteiger partial charge in [0.1, 0.15) is 0 Å². The molecule has 0 bridgehead atoms. The van der Waals surface area contributed by atoms with Crippen molar-refractivity contribution >= 4 is 29.0 Å². The Hall–Kier alpha value is -1.99. The van der Waals surface area contributed by atoms with Crippen molar-refractivity contribution in [3.05, 3.63) is 35.9 Å². The van der Waals surface area contributed by atoms with Crippen LogP contribution in [0.4, 0.5) is 0 Å². The molecule has 37 heavy (non-hydrogen) atoms. The zero-order chi connectivity index (χ0) is 27.3. The molecule has 0 aliphatic rings. The van der Waals surface area contributed by atoms with Crippen molar-refractivity contribution in [3.63, 3.8) is 0 Å². The molecule has 2 amide bonds. The second-order valence-corrected chi connectivity index (χ2v) is 10.7. The van der Waals surface area contributed by atoms with E-state index in [0.29, 0.717) is 18.0 Å². The van der Waals surface area contributed by atoms with Crippen molar-refractivity contribution < 1.29 is 14.8 Å². The van der Waals surface area contributed by atoms with Gasteiger partial charge in [0.15, 0.2) is 0 Å². The Kier molecular flexibility index (Phi) is 18.8. The summed E-state index contributed by atoms with van der Waals surface area (Å²) in [6.45, 7) is 7.09. The third-order valence-corrected chi connectivity index (χ3v) is 7.58. The van der Waals surface area contributed by atoms with Gasteiger partial charge >= 0.3 is 0 Å². The molecule has 0 fully saturated rings. The predicted molar refractivity (Wildman–Crippen MR) is 157 cm³/mol. The van der Waals surface area contributed by atoms with Crippen LogP contribution < -0.4 is 16.1 Å². The van der Waals surface area contributed by atoms with Crippen LogP contribution in [0, 0.1) is 11.8 Å². The number of unbranched alkanes of at least 4 members (excludes halogenated alkanes) is 9. The Bertz CT molecular complexity index is 760. The van der Waals surface area contributed by atoms with Crippen LogP contribution in [0.2, 0.25) is 0 Å². The second-order valence-electron chi connectivity index (χ2n) is 10.3. The predicted octanol–water partition coefficient (Wildman–Crippen LogP) is 6.50. The summed E-state index contributed by atoms with van der Waals surface area (Å²) in [6, 6.07) is 9.92. The Labute approximate surface area is 230 Å². The molecule has 0 aliphatic heterocycles. The number of amides is 2. The molecule has 3 atom stereocenters. The highest BCUT2D eigenvalue weighted by atomic mass is 32.1. The summed E-state index contributed by atoms with van der Waals surface area (Å²) < 4.78 is 0. The minimum Gasteiger partial charge on any atom is -0.378 e. The molecule has 1 rings (SSSR count). The van der Waals surface area contributed by atoms with E-state index >= 15 is 0 Å². The molecule has 4 N–H and O–H groups in total. The fraction of sp³-hybridized carbons (Fsp3) is 0.700. The zero-order valence-corrected chi connectivity index (χ0v) is 24.2. The first-order valence-electron chi connectivity index (χ1n) is 14.5. The molecule has 0 saturated carbocycles. The van der Waals surface area contributed by atoms with Crippen LogP contribution in [0.3, 0.4) is 0 Å². The molecule has 0 spiro atoms. The Morgan fingerprint density at radius 2 is 1.51 bits per heavy atom. The molecule has 1 unspecified atom stereocenters. The van der Waals surface area contributed by atoms with Crippen LogP contribution in [0.1, 0.15) is 110 Å². The minimum absolute atomic E-state index is 0.0266. The van der Waals surface area contributed by atoms with E-state index in [2.05, 4.69) is 43.5 Å². The maximum atomic E-state index is 13.3. The SMILES string of the molecule is CCCCCCCCCCCC[C@H](CC(=O)NO)C(=O)N[C@H](C(=S)NCCc1ccccc1)C(C)CC. The van der Waals surface area contributed by atoms with E-state index in [1.54, 1.807) is 5.48 Å². The number of hydrogen-bond donors (Lipinski definition) is 4. The Morgan fingerprint density at radius 3 is 2.08 bits per heavy atom. The first-order valence-corrected chi connectivity index (χ1v) is 14.9. The van der Waals surface area contributed by atoms with Gasteiger partial charge in [-0.1, -0.05) is 134 Å². The number of hydrogen-bond acceptors (Lipinski definition) is 4. The first-order chi connectivity index (χ1) is 17.9. The normalized spacial score (nSPS) is 13.4. The van der Waals surface area contributed by atoms with E-state index < -0.39 is 11.8 Å². The van der Waals surface area contributed by atoms with Gasteiger partial charge in [0.2, 0.25) is 11.8 Å². The molecule has 1 aromatic rings. The van der Waals surface area contributed by atoms with Crippen LogP contribution in [0.5, 0.6) is 0 Å². The smallest absolute Gasteiger partial charge is 0.244 e. The van der Waals surface area contributed by atoms with Crippen molar-refractivity contribution in [1.29, 1.82) is 0 Å². The maximum absolute atomic E-state index is 13.3. The van der Waals surface area contributed by atoms with Gasteiger partial charge < -0.3 is 10.6 Å². The highest BCUT2D eigenvalue weighted by molar-refractivity contribution is 7.80. The van der Waals surface area contributed by atoms with Gasteiger partial charge in [-0.05, 0) is 24.3 Å². The monoisotopic (exact) mass is 533 g/mol. The largest absolute Gasteiger partial charge is 0.378 e. The summed E-state index contributed by atoms with van der Waals surface area (Å²) in [7, 11) is 0. The van der Waals surface area contributed by atoms with E-state index in [1.165, 1.54) is 50.5 Å². The number of thiocarbonyl (C=S) groups is 1. The lowest BCUT2D eigenvalue weighted by atomic mass is 9.93. The molecular weight excluding hydrogens is 482 g/mol.